The van der Waals surface area contributed by atoms with E-state index in [1.54, 1.807) is 7.11 Å². The third kappa shape index (κ3) is 3.15. The molecule has 5 heteroatoms. The zero-order chi connectivity index (χ0) is 14.8. The van der Waals surface area contributed by atoms with Crippen molar-refractivity contribution in [3.8, 4) is 5.75 Å². The van der Waals surface area contributed by atoms with Crippen molar-refractivity contribution in [2.75, 3.05) is 25.5 Å². The molecule has 0 aromatic heterocycles. The molecule has 4 nitrogen and oxygen atoms in total. The highest BCUT2D eigenvalue weighted by Crippen LogP contribution is 2.34. The van der Waals surface area contributed by atoms with Crippen LogP contribution in [0, 0.1) is 12.3 Å². The van der Waals surface area contributed by atoms with Crippen molar-refractivity contribution in [1.82, 2.24) is 5.32 Å². The van der Waals surface area contributed by atoms with Crippen molar-refractivity contribution < 1.29 is 9.53 Å². The number of carbonyl (C=O) groups excluding carboxylic acids is 1. The zero-order valence-electron chi connectivity index (χ0n) is 12.2. The van der Waals surface area contributed by atoms with Crippen LogP contribution in [0.1, 0.15) is 25.3 Å². The number of aryl methyl sites for hydroxylation is 1. The Balaban J connectivity index is 2.23. The van der Waals surface area contributed by atoms with Crippen LogP contribution in [-0.2, 0) is 4.79 Å². The van der Waals surface area contributed by atoms with E-state index in [9.17, 15) is 4.79 Å². The average molecular weight is 341 g/mol. The zero-order valence-corrected chi connectivity index (χ0v) is 13.8. The van der Waals surface area contributed by atoms with Crippen LogP contribution >= 0.6 is 15.9 Å². The number of nitrogens with one attached hydrogen (secondary N) is 2. The molecule has 1 fully saturated rings. The smallest absolute Gasteiger partial charge is 0.231 e. The Morgan fingerprint density at radius 3 is 2.85 bits per heavy atom. The van der Waals surface area contributed by atoms with Crippen molar-refractivity contribution in [3.05, 3.63) is 22.2 Å². The van der Waals surface area contributed by atoms with Crippen molar-refractivity contribution in [1.29, 1.82) is 0 Å². The third-order valence-corrected chi connectivity index (χ3v) is 4.33. The van der Waals surface area contributed by atoms with Crippen molar-refractivity contribution in [2.24, 2.45) is 5.41 Å². The first kappa shape index (κ1) is 15.3. The maximum Gasteiger partial charge on any atom is 0.231 e. The first-order valence-corrected chi connectivity index (χ1v) is 7.62. The standard InChI is InChI=1S/C15H21BrN2O2/c1-10-7-11(16)8-12(20-3)13(10)18-14(19)15(2)5-4-6-17-9-15/h7-8,17H,4-6,9H2,1-3H3,(H,18,19). The minimum absolute atomic E-state index is 0.0495. The number of hydrogen-bond donors (Lipinski definition) is 2. The number of amides is 1. The quantitative estimate of drug-likeness (QED) is 0.888. The maximum atomic E-state index is 12.6. The van der Waals surface area contributed by atoms with Gasteiger partial charge in [0.2, 0.25) is 5.91 Å². The minimum Gasteiger partial charge on any atom is -0.495 e. The van der Waals surface area contributed by atoms with Crippen LogP contribution in [-0.4, -0.2) is 26.1 Å². The summed E-state index contributed by atoms with van der Waals surface area (Å²) in [6.45, 7) is 5.68. The summed E-state index contributed by atoms with van der Waals surface area (Å²) in [5, 5.41) is 6.34. The first-order chi connectivity index (χ1) is 9.46. The van der Waals surface area contributed by atoms with E-state index in [1.807, 2.05) is 26.0 Å². The summed E-state index contributed by atoms with van der Waals surface area (Å²) in [6.07, 6.45) is 1.93. The number of methoxy groups -OCH3 is 1. The van der Waals surface area contributed by atoms with Gasteiger partial charge in [0, 0.05) is 11.0 Å². The lowest BCUT2D eigenvalue weighted by atomic mass is 9.82. The van der Waals surface area contributed by atoms with E-state index in [-0.39, 0.29) is 11.3 Å². The van der Waals surface area contributed by atoms with Crippen molar-refractivity contribution in [2.45, 2.75) is 26.7 Å². The van der Waals surface area contributed by atoms with Crippen LogP contribution in [0.25, 0.3) is 0 Å². The van der Waals surface area contributed by atoms with Gasteiger partial charge in [-0.3, -0.25) is 4.79 Å². The molecule has 1 aliphatic heterocycles. The van der Waals surface area contributed by atoms with Crippen LogP contribution in [0.2, 0.25) is 0 Å². The number of hydrogen-bond acceptors (Lipinski definition) is 3. The van der Waals surface area contributed by atoms with E-state index in [0.29, 0.717) is 5.75 Å². The SMILES string of the molecule is COc1cc(Br)cc(C)c1NC(=O)C1(C)CCCNC1. The molecule has 20 heavy (non-hydrogen) atoms. The van der Waals surface area contributed by atoms with E-state index >= 15 is 0 Å². The van der Waals surface area contributed by atoms with E-state index in [2.05, 4.69) is 26.6 Å². The van der Waals surface area contributed by atoms with Gasteiger partial charge in [-0.1, -0.05) is 15.9 Å². The highest BCUT2D eigenvalue weighted by Gasteiger charge is 2.35. The summed E-state index contributed by atoms with van der Waals surface area (Å²) in [5.74, 6) is 0.728. The van der Waals surface area contributed by atoms with Gasteiger partial charge in [-0.2, -0.15) is 0 Å². The summed E-state index contributed by atoms with van der Waals surface area (Å²) in [7, 11) is 1.61. The van der Waals surface area contributed by atoms with Crippen LogP contribution in [0.3, 0.4) is 0 Å². The molecule has 0 spiro atoms. The molecule has 2 rings (SSSR count). The fraction of sp³-hybridized carbons (Fsp3) is 0.533. The highest BCUT2D eigenvalue weighted by atomic mass is 79.9. The van der Waals surface area contributed by atoms with E-state index in [0.717, 1.165) is 41.7 Å². The van der Waals surface area contributed by atoms with E-state index in [1.165, 1.54) is 0 Å². The fourth-order valence-corrected chi connectivity index (χ4v) is 3.10. The lowest BCUT2D eigenvalue weighted by Gasteiger charge is -2.33. The van der Waals surface area contributed by atoms with Gasteiger partial charge in [-0.15, -0.1) is 0 Å². The van der Waals surface area contributed by atoms with Gasteiger partial charge in [-0.05, 0) is 50.9 Å². The number of benzene rings is 1. The van der Waals surface area contributed by atoms with Gasteiger partial charge in [0.05, 0.1) is 18.2 Å². The van der Waals surface area contributed by atoms with Gasteiger partial charge in [0.25, 0.3) is 0 Å². The largest absolute Gasteiger partial charge is 0.495 e. The van der Waals surface area contributed by atoms with Crippen LogP contribution < -0.4 is 15.4 Å². The summed E-state index contributed by atoms with van der Waals surface area (Å²) < 4.78 is 6.31. The van der Waals surface area contributed by atoms with Gasteiger partial charge in [0.1, 0.15) is 5.75 Å². The molecule has 2 N–H and O–H groups in total. The second-order valence-electron chi connectivity index (χ2n) is 5.60. The summed E-state index contributed by atoms with van der Waals surface area (Å²) in [4.78, 5) is 12.6. The maximum absolute atomic E-state index is 12.6. The Hall–Kier alpha value is -1.07. The molecule has 1 atom stereocenters. The van der Waals surface area contributed by atoms with Crippen LogP contribution in [0.15, 0.2) is 16.6 Å². The Morgan fingerprint density at radius 2 is 2.25 bits per heavy atom. The summed E-state index contributed by atoms with van der Waals surface area (Å²) in [6, 6.07) is 3.84. The monoisotopic (exact) mass is 340 g/mol. The lowest BCUT2D eigenvalue weighted by Crippen LogP contribution is -2.46. The molecule has 1 aliphatic rings. The number of rotatable bonds is 3. The molecular weight excluding hydrogens is 320 g/mol. The molecule has 1 saturated heterocycles. The first-order valence-electron chi connectivity index (χ1n) is 6.82. The Bertz CT molecular complexity index is 511. The van der Waals surface area contributed by atoms with E-state index < -0.39 is 0 Å². The predicted molar refractivity (Wildman–Crippen MR) is 84.3 cm³/mol. The highest BCUT2D eigenvalue weighted by molar-refractivity contribution is 9.10. The normalized spacial score (nSPS) is 22.4. The third-order valence-electron chi connectivity index (χ3n) is 3.87. The Kier molecular flexibility index (Phi) is 4.70. The lowest BCUT2D eigenvalue weighted by molar-refractivity contribution is -0.125. The Labute approximate surface area is 128 Å². The fourth-order valence-electron chi connectivity index (χ4n) is 2.55. The number of halogens is 1. The van der Waals surface area contributed by atoms with Crippen molar-refractivity contribution >= 4 is 27.5 Å². The molecule has 1 aromatic rings. The summed E-state index contributed by atoms with van der Waals surface area (Å²) in [5.41, 5.74) is 1.38. The number of ether oxygens (including phenoxy) is 1. The topological polar surface area (TPSA) is 50.4 Å². The molecule has 1 heterocycles. The van der Waals surface area contributed by atoms with Crippen molar-refractivity contribution in [3.63, 3.8) is 0 Å². The van der Waals surface area contributed by atoms with Gasteiger partial charge < -0.3 is 15.4 Å². The Morgan fingerprint density at radius 1 is 1.50 bits per heavy atom. The second-order valence-corrected chi connectivity index (χ2v) is 6.51. The van der Waals surface area contributed by atoms with Crippen LogP contribution in [0.4, 0.5) is 5.69 Å². The molecule has 110 valence electrons. The van der Waals surface area contributed by atoms with Gasteiger partial charge in [-0.25, -0.2) is 0 Å². The van der Waals surface area contributed by atoms with Gasteiger partial charge in [0.15, 0.2) is 0 Å². The number of carbonyl (C=O) groups is 1. The second kappa shape index (κ2) is 6.14. The molecule has 1 amide bonds. The molecular formula is C15H21BrN2O2. The number of piperidine rings is 1. The number of anilines is 1. The summed E-state index contributed by atoms with van der Waals surface area (Å²) >= 11 is 3.44. The van der Waals surface area contributed by atoms with Gasteiger partial charge >= 0.3 is 0 Å². The molecule has 0 aliphatic carbocycles. The molecule has 1 unspecified atom stereocenters. The van der Waals surface area contributed by atoms with Crippen LogP contribution in [0.5, 0.6) is 5.75 Å². The van der Waals surface area contributed by atoms with E-state index in [4.69, 9.17) is 4.74 Å². The molecule has 0 radical (unpaired) electrons. The minimum atomic E-state index is -0.358. The molecule has 1 aromatic carbocycles. The predicted octanol–water partition coefficient (Wildman–Crippen LogP) is 3.09. The molecule has 0 saturated carbocycles. The average Bonchev–Trinajstić information content (AvgIpc) is 2.42. The molecule has 0 bridgehead atoms.